The first-order chi connectivity index (χ1) is 21.3. The van der Waals surface area contributed by atoms with Gasteiger partial charge in [0.25, 0.3) is 0 Å². The van der Waals surface area contributed by atoms with Gasteiger partial charge in [-0.3, -0.25) is 0 Å². The normalized spacial score (nSPS) is 13.6. The quantitative estimate of drug-likeness (QED) is 0.175. The van der Waals surface area contributed by atoms with Gasteiger partial charge in [-0.15, -0.1) is 0 Å². The van der Waals surface area contributed by atoms with Gasteiger partial charge in [0.1, 0.15) is 25.0 Å². The van der Waals surface area contributed by atoms with Crippen LogP contribution in [0.3, 0.4) is 0 Å². The van der Waals surface area contributed by atoms with Crippen LogP contribution in [0.2, 0.25) is 0 Å². The predicted octanol–water partition coefficient (Wildman–Crippen LogP) is 2.88. The van der Waals surface area contributed by atoms with Gasteiger partial charge in [-0.1, -0.05) is 36.1 Å². The molecule has 45 heavy (non-hydrogen) atoms. The Morgan fingerprint density at radius 1 is 0.622 bits per heavy atom. The molecule has 2 aromatic carbocycles. The Morgan fingerprint density at radius 3 is 1.33 bits per heavy atom. The third-order valence-electron chi connectivity index (χ3n) is 6.47. The molecule has 0 unspecified atom stereocenters. The molecule has 0 aliphatic carbocycles. The van der Waals surface area contributed by atoms with Gasteiger partial charge in [0.05, 0.1) is 35.2 Å². The molecule has 0 saturated carbocycles. The molecular formula is C31H28F6N4O4. The lowest BCUT2D eigenvalue weighted by Crippen LogP contribution is -2.37. The van der Waals surface area contributed by atoms with E-state index in [1.807, 2.05) is 0 Å². The largest absolute Gasteiger partial charge is 0.542 e. The van der Waals surface area contributed by atoms with Crippen molar-refractivity contribution in [2.45, 2.75) is 44.7 Å². The van der Waals surface area contributed by atoms with Crippen LogP contribution < -0.4 is 30.0 Å². The maximum atomic E-state index is 10.5. The lowest BCUT2D eigenvalue weighted by atomic mass is 10.1. The van der Waals surface area contributed by atoms with Crippen molar-refractivity contribution in [1.29, 1.82) is 0 Å². The maximum absolute atomic E-state index is 10.5. The summed E-state index contributed by atoms with van der Waals surface area (Å²) >= 11 is 0. The second-order valence-electron chi connectivity index (χ2n) is 9.57. The third-order valence-corrected chi connectivity index (χ3v) is 6.47. The second-order valence-corrected chi connectivity index (χ2v) is 9.57. The molecule has 3 heterocycles. The smallest absolute Gasteiger partial charge is 0.430 e. The average Bonchev–Trinajstić information content (AvgIpc) is 2.99. The summed E-state index contributed by atoms with van der Waals surface area (Å²) in [5, 5.41) is 27.1. The number of fused-ring (bicyclic) bond motifs is 12. The molecule has 0 atom stereocenters. The zero-order chi connectivity index (χ0) is 33.0. The molecule has 0 radical (unpaired) electrons. The molecule has 8 nitrogen and oxygen atoms in total. The topological polar surface area (TPSA) is 112 Å². The summed E-state index contributed by atoms with van der Waals surface area (Å²) in [4.78, 5) is 17.6. The number of benzene rings is 2. The Kier molecular flexibility index (Phi) is 11.9. The summed E-state index contributed by atoms with van der Waals surface area (Å²) < 4.78 is 67.9. The van der Waals surface area contributed by atoms with Crippen LogP contribution >= 0.6 is 0 Å². The van der Waals surface area contributed by atoms with E-state index < -0.39 is 24.3 Å². The van der Waals surface area contributed by atoms with E-state index in [1.54, 1.807) is 0 Å². The minimum absolute atomic E-state index is 0.630. The van der Waals surface area contributed by atoms with Crippen LogP contribution in [0.4, 0.5) is 37.7 Å². The van der Waals surface area contributed by atoms with Crippen LogP contribution in [-0.2, 0) is 22.7 Å². The Balaban J connectivity index is 0.000000331. The number of aryl methyl sites for hydroxylation is 2. The molecule has 2 aromatic heterocycles. The van der Waals surface area contributed by atoms with Crippen molar-refractivity contribution >= 4 is 45.1 Å². The first kappa shape index (κ1) is 34.4. The van der Waals surface area contributed by atoms with Gasteiger partial charge in [-0.25, -0.2) is 0 Å². The van der Waals surface area contributed by atoms with Gasteiger partial charge < -0.3 is 30.4 Å². The Hall–Kier alpha value is -5.06. The van der Waals surface area contributed by atoms with E-state index >= 15 is 0 Å². The van der Waals surface area contributed by atoms with Crippen molar-refractivity contribution in [3.05, 3.63) is 73.1 Å². The van der Waals surface area contributed by atoms with Gasteiger partial charge in [0.15, 0.2) is 12.4 Å². The molecule has 1 aliphatic heterocycles. The number of aromatic nitrogens is 2. The number of halogens is 6. The number of pyridine rings is 2. The summed E-state index contributed by atoms with van der Waals surface area (Å²) in [6.45, 7) is 3.33. The fourth-order valence-corrected chi connectivity index (χ4v) is 4.42. The highest BCUT2D eigenvalue weighted by molar-refractivity contribution is 5.89. The fourth-order valence-electron chi connectivity index (χ4n) is 4.42. The number of nitrogens with zero attached hydrogens (tertiary/aromatic N) is 2. The molecule has 0 amide bonds. The number of carboxylic acids is 2. The number of aliphatic carboxylic acids is 2. The SMILES string of the molecule is C1#CCNc2cc[n+](c3ccccc23)CCCCC[n+]2ccc(c3ccccc32)NC1.O=C([O-])C(F)(F)F.O=C([O-])C(F)(F)F. The van der Waals surface area contributed by atoms with Gasteiger partial charge in [-0.2, -0.15) is 35.5 Å². The molecule has 0 spiro atoms. The van der Waals surface area contributed by atoms with Crippen molar-refractivity contribution in [3.8, 4) is 11.8 Å². The van der Waals surface area contributed by atoms with Crippen LogP contribution in [0.25, 0.3) is 21.8 Å². The van der Waals surface area contributed by atoms with Crippen molar-refractivity contribution in [3.63, 3.8) is 0 Å². The highest BCUT2D eigenvalue weighted by Crippen LogP contribution is 2.21. The second kappa shape index (κ2) is 15.6. The van der Waals surface area contributed by atoms with E-state index in [1.165, 1.54) is 41.1 Å². The first-order valence-electron chi connectivity index (χ1n) is 13.6. The molecule has 5 rings (SSSR count). The predicted molar refractivity (Wildman–Crippen MR) is 149 cm³/mol. The van der Waals surface area contributed by atoms with E-state index in [0.29, 0.717) is 13.1 Å². The summed E-state index contributed by atoms with van der Waals surface area (Å²) in [5.41, 5.74) is 4.83. The standard InChI is InChI=1S/C27H26N4.2C2HF3O2/c1-8-18-30-20-14-24(22-10-2-4-12-26(22)30)28-16-6-7-17-29-25-15-21-31(19-9-1)27-13-5-3-11-23(25)27;2*3-2(4,5)1(6)7/h2-5,10-15,20-21H,1,8-9,16-19H2;2*(H,6,7). The van der Waals surface area contributed by atoms with Crippen molar-refractivity contribution in [2.75, 3.05) is 23.7 Å². The molecule has 0 saturated heterocycles. The first-order valence-corrected chi connectivity index (χ1v) is 13.6. The minimum atomic E-state index is -5.19. The molecule has 0 fully saturated rings. The van der Waals surface area contributed by atoms with Crippen molar-refractivity contribution in [2.24, 2.45) is 0 Å². The number of hydrogen-bond donors (Lipinski definition) is 2. The number of carbonyl (C=O) groups is 2. The van der Waals surface area contributed by atoms with E-state index in [0.717, 1.165) is 24.5 Å². The highest BCUT2D eigenvalue weighted by Gasteiger charge is 2.29. The van der Waals surface area contributed by atoms with E-state index in [-0.39, 0.29) is 0 Å². The number of anilines is 2. The molecule has 2 N–H and O–H groups in total. The lowest BCUT2D eigenvalue weighted by Gasteiger charge is -2.08. The van der Waals surface area contributed by atoms with Gasteiger partial charge in [0, 0.05) is 37.1 Å². The molecule has 4 bridgehead atoms. The number of para-hydroxylation sites is 2. The van der Waals surface area contributed by atoms with E-state index in [9.17, 15) is 26.3 Å². The Labute approximate surface area is 253 Å². The van der Waals surface area contributed by atoms with Crippen LogP contribution in [0.15, 0.2) is 73.1 Å². The number of carboxylic acid groups (broad SMARTS) is 2. The van der Waals surface area contributed by atoms with E-state index in [4.69, 9.17) is 19.8 Å². The summed E-state index contributed by atoms with van der Waals surface area (Å²) in [5.74, 6) is 0.493. The minimum Gasteiger partial charge on any atom is -0.542 e. The van der Waals surface area contributed by atoms with E-state index in [2.05, 4.69) is 105 Å². The highest BCUT2D eigenvalue weighted by atomic mass is 19.4. The fraction of sp³-hybridized carbons (Fsp3) is 0.290. The number of nitrogens with one attached hydrogen (secondary N) is 2. The number of alkyl halides is 6. The zero-order valence-electron chi connectivity index (χ0n) is 23.7. The summed E-state index contributed by atoms with van der Waals surface area (Å²) in [7, 11) is 0. The van der Waals surface area contributed by atoms with Crippen molar-refractivity contribution < 1.29 is 55.3 Å². The zero-order valence-corrected chi connectivity index (χ0v) is 23.7. The van der Waals surface area contributed by atoms with Gasteiger partial charge in [-0.05, 0) is 18.6 Å². The average molecular weight is 635 g/mol. The third kappa shape index (κ3) is 10.3. The number of rotatable bonds is 0. The van der Waals surface area contributed by atoms with Gasteiger partial charge in [0.2, 0.25) is 11.0 Å². The molecule has 238 valence electrons. The molecule has 14 heteroatoms. The molecular weight excluding hydrogens is 606 g/mol. The Bertz CT molecular complexity index is 1580. The molecule has 4 aromatic rings. The lowest BCUT2D eigenvalue weighted by molar-refractivity contribution is -0.675. The summed E-state index contributed by atoms with van der Waals surface area (Å²) in [6.07, 6.45) is -2.43. The van der Waals surface area contributed by atoms with Crippen molar-refractivity contribution in [1.82, 2.24) is 0 Å². The Morgan fingerprint density at radius 2 is 0.978 bits per heavy atom. The van der Waals surface area contributed by atoms with Crippen LogP contribution in [0.1, 0.15) is 19.3 Å². The maximum Gasteiger partial charge on any atom is 0.430 e. The van der Waals surface area contributed by atoms with Gasteiger partial charge >= 0.3 is 12.4 Å². The van der Waals surface area contributed by atoms with Crippen LogP contribution in [0, 0.1) is 11.8 Å². The van der Waals surface area contributed by atoms with Crippen LogP contribution in [-0.4, -0.2) is 37.4 Å². The van der Waals surface area contributed by atoms with Crippen LogP contribution in [0.5, 0.6) is 0 Å². The summed E-state index contributed by atoms with van der Waals surface area (Å²) in [6, 6.07) is 21.6. The number of hydrogen-bond acceptors (Lipinski definition) is 6. The number of carbonyl (C=O) groups excluding carboxylic acids is 2. The monoisotopic (exact) mass is 634 g/mol. The molecule has 1 aliphatic rings.